The second-order valence-corrected chi connectivity index (χ2v) is 3.87. The van der Waals surface area contributed by atoms with Crippen LogP contribution < -0.4 is 9.47 Å². The van der Waals surface area contributed by atoms with E-state index in [1.807, 2.05) is 19.9 Å². The van der Waals surface area contributed by atoms with Gasteiger partial charge in [-0.1, -0.05) is 11.6 Å². The SMILES string of the molecule is C#CCCc1cc(OCC)c(OCC)cc1Cl. The maximum absolute atomic E-state index is 6.17. The molecule has 0 aliphatic heterocycles. The summed E-state index contributed by atoms with van der Waals surface area (Å²) in [7, 11) is 0. The van der Waals surface area contributed by atoms with Crippen LogP contribution in [0.15, 0.2) is 12.1 Å². The van der Waals surface area contributed by atoms with Gasteiger partial charge in [0.1, 0.15) is 0 Å². The average Bonchev–Trinajstić information content (AvgIpc) is 2.31. The molecule has 1 aromatic rings. The third-order valence-corrected chi connectivity index (χ3v) is 2.60. The highest BCUT2D eigenvalue weighted by atomic mass is 35.5. The lowest BCUT2D eigenvalue weighted by Gasteiger charge is -2.13. The largest absolute Gasteiger partial charge is 0.490 e. The Morgan fingerprint density at radius 2 is 1.76 bits per heavy atom. The Morgan fingerprint density at radius 1 is 1.18 bits per heavy atom. The maximum atomic E-state index is 6.17. The first-order chi connectivity index (χ1) is 8.22. The van der Waals surface area contributed by atoms with Crippen LogP contribution in [0.2, 0.25) is 5.02 Å². The molecule has 0 atom stereocenters. The molecule has 0 aliphatic carbocycles. The zero-order chi connectivity index (χ0) is 12.7. The number of hydrogen-bond acceptors (Lipinski definition) is 2. The molecule has 0 saturated heterocycles. The summed E-state index contributed by atoms with van der Waals surface area (Å²) in [6, 6.07) is 3.70. The Morgan fingerprint density at radius 3 is 2.29 bits per heavy atom. The van der Waals surface area contributed by atoms with Gasteiger partial charge in [0.2, 0.25) is 0 Å². The van der Waals surface area contributed by atoms with E-state index in [0.717, 1.165) is 17.7 Å². The summed E-state index contributed by atoms with van der Waals surface area (Å²) in [5.74, 6) is 4.02. The van der Waals surface area contributed by atoms with Gasteiger partial charge in [0.15, 0.2) is 11.5 Å². The van der Waals surface area contributed by atoms with Gasteiger partial charge in [-0.15, -0.1) is 12.3 Å². The van der Waals surface area contributed by atoms with E-state index < -0.39 is 0 Å². The fraction of sp³-hybridized carbons (Fsp3) is 0.429. The third-order valence-electron chi connectivity index (χ3n) is 2.25. The molecule has 0 aliphatic rings. The number of rotatable bonds is 6. The van der Waals surface area contributed by atoms with E-state index in [4.69, 9.17) is 27.5 Å². The molecule has 1 aromatic carbocycles. The van der Waals surface area contributed by atoms with Gasteiger partial charge in [-0.3, -0.25) is 0 Å². The average molecular weight is 253 g/mol. The van der Waals surface area contributed by atoms with Crippen molar-refractivity contribution in [2.45, 2.75) is 26.7 Å². The van der Waals surface area contributed by atoms with E-state index in [1.54, 1.807) is 6.07 Å². The maximum Gasteiger partial charge on any atom is 0.162 e. The van der Waals surface area contributed by atoms with Crippen LogP contribution in [-0.2, 0) is 6.42 Å². The zero-order valence-corrected chi connectivity index (χ0v) is 11.0. The van der Waals surface area contributed by atoms with Crippen molar-refractivity contribution in [1.82, 2.24) is 0 Å². The molecule has 0 aromatic heterocycles. The highest BCUT2D eigenvalue weighted by molar-refractivity contribution is 6.31. The highest BCUT2D eigenvalue weighted by Gasteiger charge is 2.10. The summed E-state index contributed by atoms with van der Waals surface area (Å²) in [6.07, 6.45) is 6.67. The summed E-state index contributed by atoms with van der Waals surface area (Å²) in [4.78, 5) is 0. The minimum absolute atomic E-state index is 0.583. The van der Waals surface area contributed by atoms with Crippen molar-refractivity contribution in [3.63, 3.8) is 0 Å². The number of aryl methyl sites for hydroxylation is 1. The van der Waals surface area contributed by atoms with Crippen LogP contribution in [-0.4, -0.2) is 13.2 Å². The first kappa shape index (κ1) is 13.7. The molecule has 17 heavy (non-hydrogen) atoms. The molecule has 0 unspecified atom stereocenters. The lowest BCUT2D eigenvalue weighted by Crippen LogP contribution is -2.00. The Labute approximate surface area is 108 Å². The second-order valence-electron chi connectivity index (χ2n) is 3.46. The van der Waals surface area contributed by atoms with E-state index in [9.17, 15) is 0 Å². The summed E-state index contributed by atoms with van der Waals surface area (Å²) in [5.41, 5.74) is 0.997. The molecular weight excluding hydrogens is 236 g/mol. The van der Waals surface area contributed by atoms with Crippen LogP contribution >= 0.6 is 11.6 Å². The Bertz CT molecular complexity index is 407. The first-order valence-corrected chi connectivity index (χ1v) is 6.12. The van der Waals surface area contributed by atoms with Gasteiger partial charge in [0.05, 0.1) is 13.2 Å². The molecule has 0 bridgehead atoms. The normalized spacial score (nSPS) is 9.76. The summed E-state index contributed by atoms with van der Waals surface area (Å²) in [5, 5.41) is 0.673. The molecule has 92 valence electrons. The van der Waals surface area contributed by atoms with E-state index in [-0.39, 0.29) is 0 Å². The molecule has 1 rings (SSSR count). The van der Waals surface area contributed by atoms with Gasteiger partial charge >= 0.3 is 0 Å². The van der Waals surface area contributed by atoms with Crippen LogP contribution in [0.5, 0.6) is 11.5 Å². The molecule has 2 nitrogen and oxygen atoms in total. The molecule has 0 spiro atoms. The molecular formula is C14H17ClO2. The standard InChI is InChI=1S/C14H17ClO2/c1-4-7-8-11-9-13(16-5-2)14(17-6-3)10-12(11)15/h1,9-10H,5-8H2,2-3H3. The van der Waals surface area contributed by atoms with Gasteiger partial charge in [-0.25, -0.2) is 0 Å². The van der Waals surface area contributed by atoms with Crippen LogP contribution in [0.1, 0.15) is 25.8 Å². The van der Waals surface area contributed by atoms with Crippen LogP contribution in [0, 0.1) is 12.3 Å². The topological polar surface area (TPSA) is 18.5 Å². The fourth-order valence-corrected chi connectivity index (χ4v) is 1.76. The van der Waals surface area contributed by atoms with Crippen molar-refractivity contribution in [3.8, 4) is 23.8 Å². The summed E-state index contributed by atoms with van der Waals surface area (Å²) < 4.78 is 11.0. The molecule has 0 radical (unpaired) electrons. The van der Waals surface area contributed by atoms with E-state index in [1.165, 1.54) is 0 Å². The van der Waals surface area contributed by atoms with Crippen molar-refractivity contribution in [2.75, 3.05) is 13.2 Å². The van der Waals surface area contributed by atoms with E-state index >= 15 is 0 Å². The Kier molecular flexibility index (Phi) is 5.72. The molecule has 0 N–H and O–H groups in total. The van der Waals surface area contributed by atoms with E-state index in [0.29, 0.717) is 30.4 Å². The Balaban J connectivity index is 3.01. The minimum atomic E-state index is 0.583. The van der Waals surface area contributed by atoms with Gasteiger partial charge in [-0.2, -0.15) is 0 Å². The van der Waals surface area contributed by atoms with Crippen molar-refractivity contribution in [2.24, 2.45) is 0 Å². The fourth-order valence-electron chi connectivity index (χ4n) is 1.51. The quantitative estimate of drug-likeness (QED) is 0.719. The number of ether oxygens (including phenoxy) is 2. The van der Waals surface area contributed by atoms with Gasteiger partial charge < -0.3 is 9.47 Å². The molecule has 0 amide bonds. The monoisotopic (exact) mass is 252 g/mol. The van der Waals surface area contributed by atoms with Crippen LogP contribution in [0.25, 0.3) is 0 Å². The van der Waals surface area contributed by atoms with Crippen molar-refractivity contribution < 1.29 is 9.47 Å². The number of halogens is 1. The molecule has 0 heterocycles. The first-order valence-electron chi connectivity index (χ1n) is 5.74. The summed E-state index contributed by atoms with van der Waals surface area (Å²) in [6.45, 7) is 5.04. The van der Waals surface area contributed by atoms with Crippen molar-refractivity contribution >= 4 is 11.6 Å². The summed E-state index contributed by atoms with van der Waals surface area (Å²) >= 11 is 6.17. The number of benzene rings is 1. The third kappa shape index (κ3) is 3.87. The van der Waals surface area contributed by atoms with Gasteiger partial charge in [0, 0.05) is 17.5 Å². The lowest BCUT2D eigenvalue weighted by molar-refractivity contribution is 0.287. The molecule has 0 fully saturated rings. The number of hydrogen-bond donors (Lipinski definition) is 0. The van der Waals surface area contributed by atoms with Crippen molar-refractivity contribution in [1.29, 1.82) is 0 Å². The zero-order valence-electron chi connectivity index (χ0n) is 10.3. The predicted molar refractivity (Wildman–Crippen MR) is 70.9 cm³/mol. The molecule has 0 saturated carbocycles. The number of terminal acetylenes is 1. The van der Waals surface area contributed by atoms with Gasteiger partial charge in [-0.05, 0) is 31.9 Å². The van der Waals surface area contributed by atoms with Crippen molar-refractivity contribution in [3.05, 3.63) is 22.7 Å². The van der Waals surface area contributed by atoms with E-state index in [2.05, 4.69) is 5.92 Å². The Hall–Kier alpha value is -1.33. The van der Waals surface area contributed by atoms with Crippen LogP contribution in [0.3, 0.4) is 0 Å². The second kappa shape index (κ2) is 7.09. The smallest absolute Gasteiger partial charge is 0.162 e. The minimum Gasteiger partial charge on any atom is -0.490 e. The molecule has 3 heteroatoms. The highest BCUT2D eigenvalue weighted by Crippen LogP contribution is 2.34. The lowest BCUT2D eigenvalue weighted by atomic mass is 10.1. The van der Waals surface area contributed by atoms with Gasteiger partial charge in [0.25, 0.3) is 0 Å². The van der Waals surface area contributed by atoms with Crippen LogP contribution in [0.4, 0.5) is 0 Å². The predicted octanol–water partition coefficient (Wildman–Crippen LogP) is 3.70.